The molecular formula is C13H14BrFN4O. The highest BCUT2D eigenvalue weighted by Crippen LogP contribution is 2.18. The van der Waals surface area contributed by atoms with Crippen LogP contribution in [0.2, 0.25) is 0 Å². The van der Waals surface area contributed by atoms with Crippen LogP contribution in [0.15, 0.2) is 35.1 Å². The van der Waals surface area contributed by atoms with Gasteiger partial charge in [0.05, 0.1) is 6.20 Å². The molecule has 0 aliphatic carbocycles. The van der Waals surface area contributed by atoms with E-state index < -0.39 is 6.04 Å². The van der Waals surface area contributed by atoms with Crippen LogP contribution in [0, 0.1) is 5.82 Å². The van der Waals surface area contributed by atoms with Crippen LogP contribution in [0.1, 0.15) is 17.2 Å². The van der Waals surface area contributed by atoms with Gasteiger partial charge < -0.3 is 11.1 Å². The van der Waals surface area contributed by atoms with Crippen molar-refractivity contribution in [1.82, 2.24) is 15.1 Å². The van der Waals surface area contributed by atoms with E-state index >= 15 is 0 Å². The summed E-state index contributed by atoms with van der Waals surface area (Å²) >= 11 is 3.30. The largest absolute Gasteiger partial charge is 0.350 e. The fraction of sp³-hybridized carbons (Fsp3) is 0.231. The molecule has 20 heavy (non-hydrogen) atoms. The van der Waals surface area contributed by atoms with Crippen molar-refractivity contribution in [2.24, 2.45) is 12.8 Å². The molecule has 0 aliphatic heterocycles. The topological polar surface area (TPSA) is 72.9 Å². The molecule has 3 N–H and O–H groups in total. The molecule has 7 heteroatoms. The Morgan fingerprint density at radius 2 is 2.35 bits per heavy atom. The van der Waals surface area contributed by atoms with E-state index in [4.69, 9.17) is 5.73 Å². The minimum absolute atomic E-state index is 0.200. The Labute approximate surface area is 124 Å². The van der Waals surface area contributed by atoms with Crippen LogP contribution in [0.4, 0.5) is 4.39 Å². The number of carbonyl (C=O) groups is 1. The van der Waals surface area contributed by atoms with E-state index in [0.29, 0.717) is 11.1 Å². The van der Waals surface area contributed by atoms with Crippen LogP contribution in [0.5, 0.6) is 0 Å². The van der Waals surface area contributed by atoms with Crippen LogP contribution in [0.25, 0.3) is 0 Å². The van der Waals surface area contributed by atoms with E-state index in [2.05, 4.69) is 26.3 Å². The van der Waals surface area contributed by atoms with Gasteiger partial charge in [-0.1, -0.05) is 15.9 Å². The maximum atomic E-state index is 13.1. The number of aromatic nitrogens is 2. The van der Waals surface area contributed by atoms with Gasteiger partial charge >= 0.3 is 0 Å². The van der Waals surface area contributed by atoms with Crippen LogP contribution < -0.4 is 11.1 Å². The Hall–Kier alpha value is -1.73. The van der Waals surface area contributed by atoms with Crippen LogP contribution in [0.3, 0.4) is 0 Å². The van der Waals surface area contributed by atoms with Gasteiger partial charge in [0.25, 0.3) is 0 Å². The molecule has 2 aromatic rings. The number of hydrogen-bond donors (Lipinski definition) is 2. The van der Waals surface area contributed by atoms with Crippen molar-refractivity contribution in [3.8, 4) is 0 Å². The zero-order chi connectivity index (χ0) is 14.7. The average molecular weight is 341 g/mol. The Bertz CT molecular complexity index is 629. The molecule has 0 saturated heterocycles. The van der Waals surface area contributed by atoms with Crippen molar-refractivity contribution in [1.29, 1.82) is 0 Å². The molecular weight excluding hydrogens is 327 g/mol. The Morgan fingerprint density at radius 3 is 3.00 bits per heavy atom. The lowest BCUT2D eigenvalue weighted by atomic mass is 10.1. The summed E-state index contributed by atoms with van der Waals surface area (Å²) in [5.41, 5.74) is 7.11. The number of nitrogens with zero attached hydrogens (tertiary/aromatic N) is 2. The Balaban J connectivity index is 2.00. The van der Waals surface area contributed by atoms with Crippen LogP contribution >= 0.6 is 15.9 Å². The van der Waals surface area contributed by atoms with E-state index in [1.54, 1.807) is 30.2 Å². The fourth-order valence-electron chi connectivity index (χ4n) is 1.72. The minimum Gasteiger partial charge on any atom is -0.350 e. The van der Waals surface area contributed by atoms with Gasteiger partial charge in [-0.15, -0.1) is 0 Å². The number of aryl methyl sites for hydroxylation is 1. The number of nitrogens with two attached hydrogens (primary N) is 1. The molecule has 0 fully saturated rings. The molecule has 1 aromatic carbocycles. The first-order chi connectivity index (χ1) is 9.47. The highest BCUT2D eigenvalue weighted by Gasteiger charge is 2.17. The summed E-state index contributed by atoms with van der Waals surface area (Å²) in [6, 6.07) is 3.50. The number of carbonyl (C=O) groups excluding carboxylic acids is 1. The van der Waals surface area contributed by atoms with E-state index in [1.165, 1.54) is 12.1 Å². The first-order valence-electron chi connectivity index (χ1n) is 5.93. The standard InChI is InChI=1S/C13H14BrFN4O/c1-19-7-9(6-18-19)12(16)13(20)17-5-8-4-10(15)2-3-11(8)14/h2-4,6-7,12H,5,16H2,1H3,(H,17,20). The van der Waals surface area contributed by atoms with Crippen molar-refractivity contribution in [2.45, 2.75) is 12.6 Å². The fourth-order valence-corrected chi connectivity index (χ4v) is 2.11. The molecule has 0 spiro atoms. The van der Waals surface area contributed by atoms with Crippen molar-refractivity contribution in [3.63, 3.8) is 0 Å². The molecule has 1 heterocycles. The molecule has 106 valence electrons. The second-order valence-electron chi connectivity index (χ2n) is 4.38. The molecule has 0 saturated carbocycles. The smallest absolute Gasteiger partial charge is 0.241 e. The van der Waals surface area contributed by atoms with Crippen LogP contribution in [-0.2, 0) is 18.4 Å². The van der Waals surface area contributed by atoms with Crippen LogP contribution in [-0.4, -0.2) is 15.7 Å². The average Bonchev–Trinajstić information content (AvgIpc) is 2.85. The van der Waals surface area contributed by atoms with Gasteiger partial charge in [-0.05, 0) is 23.8 Å². The van der Waals surface area contributed by atoms with Gasteiger partial charge in [0.15, 0.2) is 0 Å². The Kier molecular flexibility index (Phi) is 4.51. The highest BCUT2D eigenvalue weighted by atomic mass is 79.9. The quantitative estimate of drug-likeness (QED) is 0.888. The summed E-state index contributed by atoms with van der Waals surface area (Å²) < 4.78 is 15.4. The summed E-state index contributed by atoms with van der Waals surface area (Å²) in [7, 11) is 1.75. The third-order valence-electron chi connectivity index (χ3n) is 2.83. The highest BCUT2D eigenvalue weighted by molar-refractivity contribution is 9.10. The van der Waals surface area contributed by atoms with Gasteiger partial charge in [0.1, 0.15) is 11.9 Å². The van der Waals surface area contributed by atoms with Crippen molar-refractivity contribution in [3.05, 3.63) is 52.0 Å². The van der Waals surface area contributed by atoms with Gasteiger partial charge in [-0.2, -0.15) is 5.10 Å². The van der Waals surface area contributed by atoms with Crippen molar-refractivity contribution >= 4 is 21.8 Å². The predicted molar refractivity (Wildman–Crippen MR) is 76.1 cm³/mol. The lowest BCUT2D eigenvalue weighted by Gasteiger charge is -2.11. The molecule has 0 bridgehead atoms. The molecule has 2 rings (SSSR count). The number of nitrogens with one attached hydrogen (secondary N) is 1. The molecule has 1 amide bonds. The second kappa shape index (κ2) is 6.15. The second-order valence-corrected chi connectivity index (χ2v) is 5.23. The molecule has 0 radical (unpaired) electrons. The lowest BCUT2D eigenvalue weighted by molar-refractivity contribution is -0.122. The van der Waals surface area contributed by atoms with Gasteiger partial charge in [0.2, 0.25) is 5.91 Å². The summed E-state index contributed by atoms with van der Waals surface area (Å²) in [5, 5.41) is 6.64. The van der Waals surface area contributed by atoms with Gasteiger partial charge in [-0.25, -0.2) is 4.39 Å². The zero-order valence-electron chi connectivity index (χ0n) is 10.8. The summed E-state index contributed by atoms with van der Waals surface area (Å²) in [5.74, 6) is -0.692. The van der Waals surface area contributed by atoms with Gasteiger partial charge in [0, 0.05) is 29.8 Å². The molecule has 5 nitrogen and oxygen atoms in total. The number of rotatable bonds is 4. The number of halogens is 2. The summed E-state index contributed by atoms with van der Waals surface area (Å²) in [4.78, 5) is 11.9. The normalized spacial score (nSPS) is 12.2. The van der Waals surface area contributed by atoms with Gasteiger partial charge in [-0.3, -0.25) is 9.48 Å². The first kappa shape index (κ1) is 14.7. The SMILES string of the molecule is Cn1cc(C(N)C(=O)NCc2cc(F)ccc2Br)cn1. The maximum absolute atomic E-state index is 13.1. The Morgan fingerprint density at radius 1 is 1.60 bits per heavy atom. The minimum atomic E-state index is -0.795. The summed E-state index contributed by atoms with van der Waals surface area (Å²) in [6.07, 6.45) is 3.23. The molecule has 1 unspecified atom stereocenters. The monoisotopic (exact) mass is 340 g/mol. The number of hydrogen-bond acceptors (Lipinski definition) is 3. The van der Waals surface area contributed by atoms with E-state index in [9.17, 15) is 9.18 Å². The van der Waals surface area contributed by atoms with E-state index in [1.807, 2.05) is 0 Å². The maximum Gasteiger partial charge on any atom is 0.241 e. The van der Waals surface area contributed by atoms with Crippen molar-refractivity contribution < 1.29 is 9.18 Å². The number of benzene rings is 1. The van der Waals surface area contributed by atoms with E-state index in [-0.39, 0.29) is 18.3 Å². The lowest BCUT2D eigenvalue weighted by Crippen LogP contribution is -2.33. The molecule has 1 atom stereocenters. The first-order valence-corrected chi connectivity index (χ1v) is 6.72. The zero-order valence-corrected chi connectivity index (χ0v) is 12.4. The third-order valence-corrected chi connectivity index (χ3v) is 3.60. The number of amides is 1. The predicted octanol–water partition coefficient (Wildman–Crippen LogP) is 1.64. The summed E-state index contributed by atoms with van der Waals surface area (Å²) in [6.45, 7) is 0.200. The third kappa shape index (κ3) is 3.43. The van der Waals surface area contributed by atoms with E-state index in [0.717, 1.165) is 4.47 Å². The molecule has 0 aliphatic rings. The van der Waals surface area contributed by atoms with Crippen molar-refractivity contribution in [2.75, 3.05) is 0 Å². The molecule has 1 aromatic heterocycles.